The molecule has 0 saturated heterocycles. The minimum absolute atomic E-state index is 0.126. The minimum atomic E-state index is -0.550. The van der Waals surface area contributed by atoms with E-state index >= 15 is 0 Å². The summed E-state index contributed by atoms with van der Waals surface area (Å²) in [4.78, 5) is 16.2. The van der Waals surface area contributed by atoms with Gasteiger partial charge in [-0.1, -0.05) is 59.5 Å². The second-order valence-electron chi connectivity index (χ2n) is 5.27. The van der Waals surface area contributed by atoms with Gasteiger partial charge in [-0.25, -0.2) is 4.79 Å². The highest BCUT2D eigenvalue weighted by molar-refractivity contribution is 6.42. The maximum Gasteiger partial charge on any atom is 0.338 e. The third-order valence-electron chi connectivity index (χ3n) is 3.57. The lowest BCUT2D eigenvalue weighted by Crippen LogP contribution is -2.05. The SMILES string of the molecule is CCc1ccc(-c2noc(COC(=O)c3ccc(Cl)c(Cl)c3)n2)cc1. The first-order valence-corrected chi connectivity index (χ1v) is 8.36. The van der Waals surface area contributed by atoms with Gasteiger partial charge in [0.15, 0.2) is 6.61 Å². The Bertz CT molecular complexity index is 892. The number of halogens is 2. The molecule has 1 heterocycles. The Morgan fingerprint density at radius 3 is 2.56 bits per heavy atom. The quantitative estimate of drug-likeness (QED) is 0.588. The van der Waals surface area contributed by atoms with Crippen molar-refractivity contribution in [1.29, 1.82) is 0 Å². The van der Waals surface area contributed by atoms with Crippen LogP contribution in [0.1, 0.15) is 28.7 Å². The second-order valence-corrected chi connectivity index (χ2v) is 6.08. The van der Waals surface area contributed by atoms with Crippen LogP contribution in [0.4, 0.5) is 0 Å². The second kappa shape index (κ2) is 7.68. The number of hydrogen-bond acceptors (Lipinski definition) is 5. The number of hydrogen-bond donors (Lipinski definition) is 0. The lowest BCUT2D eigenvalue weighted by molar-refractivity contribution is 0.0430. The van der Waals surface area contributed by atoms with E-state index in [2.05, 4.69) is 17.1 Å². The number of esters is 1. The fraction of sp³-hybridized carbons (Fsp3) is 0.167. The van der Waals surface area contributed by atoms with E-state index in [-0.39, 0.29) is 17.5 Å². The molecule has 0 aliphatic rings. The molecule has 0 fully saturated rings. The van der Waals surface area contributed by atoms with Crippen LogP contribution in [-0.4, -0.2) is 16.1 Å². The molecule has 0 saturated carbocycles. The zero-order valence-corrected chi connectivity index (χ0v) is 14.8. The van der Waals surface area contributed by atoms with Crippen molar-refractivity contribution in [3.05, 3.63) is 69.5 Å². The van der Waals surface area contributed by atoms with Gasteiger partial charge < -0.3 is 9.26 Å². The molecule has 3 rings (SSSR count). The molecule has 1 aromatic heterocycles. The standard InChI is InChI=1S/C18H14Cl2N2O3/c1-2-11-3-5-12(6-4-11)17-21-16(25-22-17)10-24-18(23)13-7-8-14(19)15(20)9-13/h3-9H,2,10H2,1H3. The maximum atomic E-state index is 12.0. The van der Waals surface area contributed by atoms with Crippen LogP contribution in [0.25, 0.3) is 11.4 Å². The van der Waals surface area contributed by atoms with E-state index in [4.69, 9.17) is 32.5 Å². The smallest absolute Gasteiger partial charge is 0.338 e. The Balaban J connectivity index is 1.64. The van der Waals surface area contributed by atoms with Crippen LogP contribution in [-0.2, 0) is 17.8 Å². The molecule has 0 N–H and O–H groups in total. The molecule has 2 aromatic carbocycles. The Morgan fingerprint density at radius 2 is 1.88 bits per heavy atom. The lowest BCUT2D eigenvalue weighted by Gasteiger charge is -2.03. The predicted molar refractivity (Wildman–Crippen MR) is 94.7 cm³/mol. The fourth-order valence-corrected chi connectivity index (χ4v) is 2.45. The van der Waals surface area contributed by atoms with Gasteiger partial charge in [0, 0.05) is 5.56 Å². The van der Waals surface area contributed by atoms with Crippen molar-refractivity contribution in [3.8, 4) is 11.4 Å². The highest BCUT2D eigenvalue weighted by Crippen LogP contribution is 2.23. The number of carbonyl (C=O) groups excluding carboxylic acids is 1. The van der Waals surface area contributed by atoms with Crippen molar-refractivity contribution in [3.63, 3.8) is 0 Å². The van der Waals surface area contributed by atoms with Gasteiger partial charge in [-0.05, 0) is 30.2 Å². The van der Waals surface area contributed by atoms with E-state index in [1.807, 2.05) is 24.3 Å². The summed E-state index contributed by atoms with van der Waals surface area (Å²) in [5.74, 6) is 0.108. The Hall–Kier alpha value is -2.37. The summed E-state index contributed by atoms with van der Waals surface area (Å²) in [6.07, 6.45) is 0.961. The van der Waals surface area contributed by atoms with Crippen LogP contribution < -0.4 is 0 Å². The molecule has 0 spiro atoms. The van der Waals surface area contributed by atoms with Crippen molar-refractivity contribution in [2.75, 3.05) is 0 Å². The van der Waals surface area contributed by atoms with Crippen molar-refractivity contribution >= 4 is 29.2 Å². The molecule has 0 aliphatic heterocycles. The maximum absolute atomic E-state index is 12.0. The third-order valence-corrected chi connectivity index (χ3v) is 4.31. The molecule has 0 bridgehead atoms. The van der Waals surface area contributed by atoms with Crippen LogP contribution in [0.3, 0.4) is 0 Å². The van der Waals surface area contributed by atoms with Crippen molar-refractivity contribution < 1.29 is 14.1 Å². The monoisotopic (exact) mass is 376 g/mol. The van der Waals surface area contributed by atoms with E-state index in [1.165, 1.54) is 23.8 Å². The van der Waals surface area contributed by atoms with Gasteiger partial charge in [0.25, 0.3) is 5.89 Å². The van der Waals surface area contributed by atoms with Gasteiger partial charge in [0.05, 0.1) is 15.6 Å². The van der Waals surface area contributed by atoms with E-state index in [0.717, 1.165) is 12.0 Å². The van der Waals surface area contributed by atoms with Crippen LogP contribution >= 0.6 is 23.2 Å². The molecule has 7 heteroatoms. The highest BCUT2D eigenvalue weighted by Gasteiger charge is 2.13. The number of carbonyl (C=O) groups is 1. The summed E-state index contributed by atoms with van der Waals surface area (Å²) in [6, 6.07) is 12.4. The van der Waals surface area contributed by atoms with Gasteiger partial charge in [-0.2, -0.15) is 4.98 Å². The fourth-order valence-electron chi connectivity index (χ4n) is 2.15. The average Bonchev–Trinajstić information content (AvgIpc) is 3.11. The molecule has 0 amide bonds. The first-order chi connectivity index (χ1) is 12.1. The summed E-state index contributed by atoms with van der Waals surface area (Å²) >= 11 is 11.7. The molecule has 0 atom stereocenters. The van der Waals surface area contributed by atoms with Crippen LogP contribution in [0.5, 0.6) is 0 Å². The molecular formula is C18H14Cl2N2O3. The Morgan fingerprint density at radius 1 is 1.12 bits per heavy atom. The van der Waals surface area contributed by atoms with E-state index in [0.29, 0.717) is 16.4 Å². The summed E-state index contributed by atoms with van der Waals surface area (Å²) in [7, 11) is 0. The van der Waals surface area contributed by atoms with Crippen molar-refractivity contribution in [2.45, 2.75) is 20.0 Å². The van der Waals surface area contributed by atoms with Crippen molar-refractivity contribution in [2.24, 2.45) is 0 Å². The average molecular weight is 377 g/mol. The number of aromatic nitrogens is 2. The highest BCUT2D eigenvalue weighted by atomic mass is 35.5. The van der Waals surface area contributed by atoms with Gasteiger partial charge >= 0.3 is 5.97 Å². The van der Waals surface area contributed by atoms with Gasteiger partial charge in [0.2, 0.25) is 5.82 Å². The largest absolute Gasteiger partial charge is 0.452 e. The number of nitrogens with zero attached hydrogens (tertiary/aromatic N) is 2. The van der Waals surface area contributed by atoms with Gasteiger partial charge in [-0.3, -0.25) is 0 Å². The summed E-state index contributed by atoms with van der Waals surface area (Å²) in [5.41, 5.74) is 2.36. The number of aryl methyl sites for hydroxylation is 1. The van der Waals surface area contributed by atoms with Gasteiger partial charge in [0.1, 0.15) is 0 Å². The molecule has 3 aromatic rings. The molecule has 0 unspecified atom stereocenters. The first-order valence-electron chi connectivity index (χ1n) is 7.61. The topological polar surface area (TPSA) is 65.2 Å². The van der Waals surface area contributed by atoms with Gasteiger partial charge in [-0.15, -0.1) is 0 Å². The predicted octanol–water partition coefficient (Wildman–Crippen LogP) is 4.96. The van der Waals surface area contributed by atoms with E-state index < -0.39 is 5.97 Å². The van der Waals surface area contributed by atoms with Crippen LogP contribution in [0.15, 0.2) is 47.0 Å². The normalized spacial score (nSPS) is 10.7. The van der Waals surface area contributed by atoms with Crippen LogP contribution in [0, 0.1) is 0 Å². The Labute approximate surface area is 154 Å². The van der Waals surface area contributed by atoms with Crippen LogP contribution in [0.2, 0.25) is 10.0 Å². The summed E-state index contributed by atoms with van der Waals surface area (Å²) in [5, 5.41) is 4.56. The zero-order chi connectivity index (χ0) is 17.8. The summed E-state index contributed by atoms with van der Waals surface area (Å²) < 4.78 is 10.3. The molecule has 128 valence electrons. The van der Waals surface area contributed by atoms with E-state index in [1.54, 1.807) is 0 Å². The molecule has 0 radical (unpaired) electrons. The first kappa shape index (κ1) is 17.5. The third kappa shape index (κ3) is 4.18. The molecule has 0 aliphatic carbocycles. The summed E-state index contributed by atoms with van der Waals surface area (Å²) in [6.45, 7) is 1.96. The molecular weight excluding hydrogens is 363 g/mol. The Kier molecular flexibility index (Phi) is 5.36. The lowest BCUT2D eigenvalue weighted by atomic mass is 10.1. The van der Waals surface area contributed by atoms with Crippen molar-refractivity contribution in [1.82, 2.24) is 10.1 Å². The van der Waals surface area contributed by atoms with E-state index in [9.17, 15) is 4.79 Å². The molecule has 5 nitrogen and oxygen atoms in total. The number of benzene rings is 2. The zero-order valence-electron chi connectivity index (χ0n) is 13.3. The minimum Gasteiger partial charge on any atom is -0.452 e. The molecule has 25 heavy (non-hydrogen) atoms. The number of ether oxygens (including phenoxy) is 1. The number of rotatable bonds is 5.